The third-order valence-electron chi connectivity index (χ3n) is 3.41. The van der Waals surface area contributed by atoms with E-state index in [2.05, 4.69) is 5.32 Å². The van der Waals surface area contributed by atoms with E-state index in [9.17, 15) is 0 Å². The van der Waals surface area contributed by atoms with E-state index in [1.54, 1.807) is 7.11 Å². The number of ether oxygens (including phenoxy) is 2. The smallest absolute Gasteiger partial charge is 0.180 e. The summed E-state index contributed by atoms with van der Waals surface area (Å²) in [5, 5.41) is 12.4. The van der Waals surface area contributed by atoms with Gasteiger partial charge in [0.2, 0.25) is 0 Å². The molecular formula is C18H23Cl2NO3. The van der Waals surface area contributed by atoms with Crippen LogP contribution >= 0.6 is 24.0 Å². The van der Waals surface area contributed by atoms with Crippen LogP contribution in [0.5, 0.6) is 11.5 Å². The van der Waals surface area contributed by atoms with E-state index in [4.69, 9.17) is 26.2 Å². The van der Waals surface area contributed by atoms with Crippen LogP contribution in [0.4, 0.5) is 0 Å². The predicted octanol–water partition coefficient (Wildman–Crippen LogP) is 3.74. The summed E-state index contributed by atoms with van der Waals surface area (Å²) < 4.78 is 11.2. The lowest BCUT2D eigenvalue weighted by Gasteiger charge is -2.14. The molecule has 0 saturated carbocycles. The zero-order valence-electron chi connectivity index (χ0n) is 13.8. The van der Waals surface area contributed by atoms with Crippen molar-refractivity contribution in [3.63, 3.8) is 0 Å². The number of hydrogen-bond donors (Lipinski definition) is 2. The number of aliphatic hydroxyl groups is 1. The molecule has 0 amide bonds. The van der Waals surface area contributed by atoms with Gasteiger partial charge in [-0.15, -0.1) is 12.4 Å². The highest BCUT2D eigenvalue weighted by Crippen LogP contribution is 2.37. The molecule has 4 nitrogen and oxygen atoms in total. The number of nitrogens with one attached hydrogen (secondary N) is 1. The van der Waals surface area contributed by atoms with Crippen molar-refractivity contribution in [2.45, 2.75) is 20.1 Å². The fourth-order valence-corrected chi connectivity index (χ4v) is 2.45. The van der Waals surface area contributed by atoms with E-state index in [-0.39, 0.29) is 19.0 Å². The fraction of sp³-hybridized carbons (Fsp3) is 0.333. The third kappa shape index (κ3) is 5.87. The molecule has 0 aliphatic rings. The first kappa shape index (κ1) is 20.6. The molecule has 0 atom stereocenters. The number of aliphatic hydroxyl groups excluding tert-OH is 1. The monoisotopic (exact) mass is 371 g/mol. The van der Waals surface area contributed by atoms with E-state index >= 15 is 0 Å². The van der Waals surface area contributed by atoms with Crippen molar-refractivity contribution in [1.29, 1.82) is 0 Å². The lowest BCUT2D eigenvalue weighted by atomic mass is 10.1. The summed E-state index contributed by atoms with van der Waals surface area (Å²) in [4.78, 5) is 0. The molecule has 0 bridgehead atoms. The zero-order chi connectivity index (χ0) is 16.7. The molecule has 2 aromatic rings. The maximum absolute atomic E-state index is 8.81. The summed E-state index contributed by atoms with van der Waals surface area (Å²) in [6, 6.07) is 11.9. The summed E-state index contributed by atoms with van der Waals surface area (Å²) in [6.45, 7) is 3.72. The van der Waals surface area contributed by atoms with Crippen LogP contribution in [0, 0.1) is 6.92 Å². The van der Waals surface area contributed by atoms with Gasteiger partial charge >= 0.3 is 0 Å². The lowest BCUT2D eigenvalue weighted by molar-refractivity contribution is 0.284. The fourth-order valence-electron chi connectivity index (χ4n) is 2.17. The number of aryl methyl sites for hydroxylation is 1. The SMILES string of the molecule is COc1cc(CNCCO)cc(Cl)c1OCc1ccc(C)cc1.Cl. The van der Waals surface area contributed by atoms with Crippen molar-refractivity contribution in [2.24, 2.45) is 0 Å². The molecule has 0 heterocycles. The van der Waals surface area contributed by atoms with Gasteiger partial charge in [0.05, 0.1) is 18.7 Å². The molecule has 6 heteroatoms. The van der Waals surface area contributed by atoms with Gasteiger partial charge in [-0.05, 0) is 30.2 Å². The van der Waals surface area contributed by atoms with E-state index in [1.807, 2.05) is 43.3 Å². The number of rotatable bonds is 8. The van der Waals surface area contributed by atoms with Crippen LogP contribution in [0.2, 0.25) is 5.02 Å². The summed E-state index contributed by atoms with van der Waals surface area (Å²) in [6.07, 6.45) is 0. The van der Waals surface area contributed by atoms with Crippen LogP contribution in [-0.2, 0) is 13.2 Å². The van der Waals surface area contributed by atoms with Crippen LogP contribution in [0.15, 0.2) is 36.4 Å². The quantitative estimate of drug-likeness (QED) is 0.694. The molecule has 0 unspecified atom stereocenters. The van der Waals surface area contributed by atoms with Gasteiger partial charge in [0.1, 0.15) is 6.61 Å². The standard InChI is InChI=1S/C18H22ClNO3.ClH/c1-13-3-5-14(6-4-13)12-23-18-16(19)9-15(10-17(18)22-2)11-20-7-8-21;/h3-6,9-10,20-21H,7-8,11-12H2,1-2H3;1H. The molecule has 0 aromatic heterocycles. The van der Waals surface area contributed by atoms with Gasteiger partial charge in [-0.25, -0.2) is 0 Å². The van der Waals surface area contributed by atoms with Crippen LogP contribution in [0.25, 0.3) is 0 Å². The average Bonchev–Trinajstić information content (AvgIpc) is 2.55. The largest absolute Gasteiger partial charge is 0.493 e. The highest BCUT2D eigenvalue weighted by atomic mass is 35.5. The summed E-state index contributed by atoms with van der Waals surface area (Å²) in [7, 11) is 1.59. The van der Waals surface area contributed by atoms with Crippen LogP contribution < -0.4 is 14.8 Å². The Morgan fingerprint density at radius 3 is 2.46 bits per heavy atom. The van der Waals surface area contributed by atoms with Crippen molar-refractivity contribution in [1.82, 2.24) is 5.32 Å². The average molecular weight is 372 g/mol. The van der Waals surface area contributed by atoms with Crippen molar-refractivity contribution in [2.75, 3.05) is 20.3 Å². The predicted molar refractivity (Wildman–Crippen MR) is 99.6 cm³/mol. The molecule has 2 aromatic carbocycles. The van der Waals surface area contributed by atoms with Gasteiger partial charge in [0.15, 0.2) is 11.5 Å². The molecule has 0 radical (unpaired) electrons. The van der Waals surface area contributed by atoms with E-state index < -0.39 is 0 Å². The minimum atomic E-state index is 0. The lowest BCUT2D eigenvalue weighted by Crippen LogP contribution is -2.17. The van der Waals surface area contributed by atoms with Crippen LogP contribution in [-0.4, -0.2) is 25.4 Å². The van der Waals surface area contributed by atoms with E-state index in [1.165, 1.54) is 5.56 Å². The first-order chi connectivity index (χ1) is 11.1. The Hall–Kier alpha value is -1.46. The zero-order valence-corrected chi connectivity index (χ0v) is 15.4. The second-order valence-electron chi connectivity index (χ2n) is 5.28. The van der Waals surface area contributed by atoms with Gasteiger partial charge in [-0.2, -0.15) is 0 Å². The Morgan fingerprint density at radius 1 is 1.12 bits per heavy atom. The minimum absolute atomic E-state index is 0. The van der Waals surface area contributed by atoms with Crippen LogP contribution in [0.1, 0.15) is 16.7 Å². The molecule has 0 saturated heterocycles. The van der Waals surface area contributed by atoms with E-state index in [0.29, 0.717) is 36.2 Å². The summed E-state index contributed by atoms with van der Waals surface area (Å²) in [5.41, 5.74) is 3.26. The number of methoxy groups -OCH3 is 1. The molecular weight excluding hydrogens is 349 g/mol. The van der Waals surface area contributed by atoms with E-state index in [0.717, 1.165) is 11.1 Å². The Bertz CT molecular complexity index is 633. The number of hydrogen-bond acceptors (Lipinski definition) is 4. The molecule has 24 heavy (non-hydrogen) atoms. The normalized spacial score (nSPS) is 10.2. The Balaban J connectivity index is 0.00000288. The highest BCUT2D eigenvalue weighted by molar-refractivity contribution is 6.32. The molecule has 2 N–H and O–H groups in total. The number of benzene rings is 2. The summed E-state index contributed by atoms with van der Waals surface area (Å²) in [5.74, 6) is 1.14. The Morgan fingerprint density at radius 2 is 1.83 bits per heavy atom. The molecule has 0 aliphatic carbocycles. The van der Waals surface area contributed by atoms with Gasteiger partial charge < -0.3 is 19.9 Å². The molecule has 2 rings (SSSR count). The molecule has 0 aliphatic heterocycles. The number of halogens is 2. The van der Waals surface area contributed by atoms with Crippen LogP contribution in [0.3, 0.4) is 0 Å². The molecule has 132 valence electrons. The van der Waals surface area contributed by atoms with Crippen molar-refractivity contribution >= 4 is 24.0 Å². The second kappa shape index (κ2) is 10.4. The Kier molecular flexibility index (Phi) is 8.93. The van der Waals surface area contributed by atoms with Gasteiger partial charge in [0, 0.05) is 13.1 Å². The highest BCUT2D eigenvalue weighted by Gasteiger charge is 2.12. The van der Waals surface area contributed by atoms with Gasteiger partial charge in [0.25, 0.3) is 0 Å². The second-order valence-corrected chi connectivity index (χ2v) is 5.69. The minimum Gasteiger partial charge on any atom is -0.493 e. The van der Waals surface area contributed by atoms with Gasteiger partial charge in [-0.3, -0.25) is 0 Å². The topological polar surface area (TPSA) is 50.7 Å². The summed E-state index contributed by atoms with van der Waals surface area (Å²) >= 11 is 6.34. The molecule has 0 spiro atoms. The first-order valence-corrected chi connectivity index (χ1v) is 7.88. The molecule has 0 fully saturated rings. The van der Waals surface area contributed by atoms with Gasteiger partial charge in [-0.1, -0.05) is 41.4 Å². The van der Waals surface area contributed by atoms with Crippen molar-refractivity contribution < 1.29 is 14.6 Å². The van der Waals surface area contributed by atoms with Crippen molar-refractivity contribution in [3.8, 4) is 11.5 Å². The van der Waals surface area contributed by atoms with Crippen molar-refractivity contribution in [3.05, 3.63) is 58.1 Å². The first-order valence-electron chi connectivity index (χ1n) is 7.50. The maximum atomic E-state index is 8.81. The maximum Gasteiger partial charge on any atom is 0.180 e. The Labute approximate surface area is 154 Å². The third-order valence-corrected chi connectivity index (χ3v) is 3.69.